The van der Waals surface area contributed by atoms with E-state index in [-0.39, 0.29) is 0 Å². The maximum atomic E-state index is 6.06. The van der Waals surface area contributed by atoms with Gasteiger partial charge in [0.2, 0.25) is 0 Å². The fourth-order valence-corrected chi connectivity index (χ4v) is 3.22. The molecule has 4 rings (SSSR count). The summed E-state index contributed by atoms with van der Waals surface area (Å²) in [5, 5.41) is 0. The summed E-state index contributed by atoms with van der Waals surface area (Å²) >= 11 is 0. The fraction of sp³-hybridized carbons (Fsp3) is 0.286. The van der Waals surface area contributed by atoms with E-state index < -0.39 is 0 Å². The van der Waals surface area contributed by atoms with Gasteiger partial charge in [0.25, 0.3) is 0 Å². The first kappa shape index (κ1) is 16.7. The Balaban J connectivity index is 1.78. The number of hydrogen-bond acceptors (Lipinski definition) is 5. The summed E-state index contributed by atoms with van der Waals surface area (Å²) in [4.78, 5) is 16.2. The highest BCUT2D eigenvalue weighted by Gasteiger charge is 2.19. The van der Waals surface area contributed by atoms with Crippen molar-refractivity contribution in [2.24, 2.45) is 5.73 Å². The van der Waals surface area contributed by atoms with E-state index in [1.54, 1.807) is 6.20 Å². The van der Waals surface area contributed by atoms with Crippen LogP contribution in [-0.4, -0.2) is 34.1 Å². The second kappa shape index (κ2) is 7.22. The van der Waals surface area contributed by atoms with Crippen molar-refractivity contribution in [3.05, 3.63) is 60.4 Å². The van der Waals surface area contributed by atoms with Crippen LogP contribution in [0.5, 0.6) is 0 Å². The van der Waals surface area contributed by atoms with Gasteiger partial charge in [0, 0.05) is 48.7 Å². The lowest BCUT2D eigenvalue weighted by Gasteiger charge is -2.31. The number of anilines is 1. The molecular weight excluding hydrogens is 322 g/mol. The van der Waals surface area contributed by atoms with Crippen LogP contribution in [0.2, 0.25) is 0 Å². The topological polar surface area (TPSA) is 67.9 Å². The van der Waals surface area contributed by atoms with Gasteiger partial charge in [-0.1, -0.05) is 29.8 Å². The van der Waals surface area contributed by atoms with Crippen molar-refractivity contribution in [3.8, 4) is 22.6 Å². The standard InChI is InChI=1S/C21H23N5/c1-15-4-6-16(7-5-15)21-24-19(17-3-2-10-23-14-17)13-20(25-21)26-11-8-18(22)9-12-26/h2-7,10,13-14,18H,8-9,11-12,22H2,1H3. The van der Waals surface area contributed by atoms with Gasteiger partial charge in [0.1, 0.15) is 5.82 Å². The third-order valence-electron chi connectivity index (χ3n) is 4.84. The minimum Gasteiger partial charge on any atom is -0.356 e. The monoisotopic (exact) mass is 345 g/mol. The van der Waals surface area contributed by atoms with Crippen LogP contribution in [0.25, 0.3) is 22.6 Å². The first-order valence-corrected chi connectivity index (χ1v) is 9.06. The lowest BCUT2D eigenvalue weighted by atomic mass is 10.1. The molecule has 1 fully saturated rings. The minimum atomic E-state index is 0.294. The highest BCUT2D eigenvalue weighted by atomic mass is 15.2. The zero-order valence-electron chi connectivity index (χ0n) is 15.0. The SMILES string of the molecule is Cc1ccc(-c2nc(-c3cccnc3)cc(N3CCC(N)CC3)n2)cc1. The molecule has 3 heterocycles. The fourth-order valence-electron chi connectivity index (χ4n) is 3.22. The number of nitrogens with two attached hydrogens (primary N) is 1. The Morgan fingerprint density at radius 3 is 2.46 bits per heavy atom. The van der Waals surface area contributed by atoms with Gasteiger partial charge in [-0.05, 0) is 31.9 Å². The third kappa shape index (κ3) is 3.58. The van der Waals surface area contributed by atoms with Crippen LogP contribution in [0.4, 0.5) is 5.82 Å². The predicted octanol–water partition coefficient (Wildman–Crippen LogP) is 3.44. The smallest absolute Gasteiger partial charge is 0.162 e. The maximum absolute atomic E-state index is 6.06. The number of benzene rings is 1. The van der Waals surface area contributed by atoms with Crippen LogP contribution in [0.1, 0.15) is 18.4 Å². The summed E-state index contributed by atoms with van der Waals surface area (Å²) < 4.78 is 0. The van der Waals surface area contributed by atoms with Gasteiger partial charge in [-0.25, -0.2) is 9.97 Å². The average Bonchev–Trinajstić information content (AvgIpc) is 2.69. The molecule has 0 spiro atoms. The molecule has 2 aromatic heterocycles. The van der Waals surface area contributed by atoms with Crippen molar-refractivity contribution >= 4 is 5.82 Å². The molecule has 1 aromatic carbocycles. The summed E-state index contributed by atoms with van der Waals surface area (Å²) in [6.07, 6.45) is 5.61. The maximum Gasteiger partial charge on any atom is 0.162 e. The number of pyridine rings is 1. The lowest BCUT2D eigenvalue weighted by Crippen LogP contribution is -2.40. The van der Waals surface area contributed by atoms with E-state index in [0.29, 0.717) is 6.04 Å². The Bertz CT molecular complexity index is 869. The lowest BCUT2D eigenvalue weighted by molar-refractivity contribution is 0.498. The van der Waals surface area contributed by atoms with Gasteiger partial charge < -0.3 is 10.6 Å². The van der Waals surface area contributed by atoms with Crippen molar-refractivity contribution in [1.82, 2.24) is 15.0 Å². The van der Waals surface area contributed by atoms with Crippen molar-refractivity contribution in [3.63, 3.8) is 0 Å². The van der Waals surface area contributed by atoms with E-state index in [2.05, 4.69) is 47.1 Å². The van der Waals surface area contributed by atoms with Crippen molar-refractivity contribution in [2.45, 2.75) is 25.8 Å². The van der Waals surface area contributed by atoms with E-state index in [0.717, 1.165) is 54.4 Å². The zero-order chi connectivity index (χ0) is 17.9. The molecular formula is C21H23N5. The van der Waals surface area contributed by atoms with Gasteiger partial charge in [-0.3, -0.25) is 4.98 Å². The van der Waals surface area contributed by atoms with E-state index in [9.17, 15) is 0 Å². The van der Waals surface area contributed by atoms with Gasteiger partial charge >= 0.3 is 0 Å². The molecule has 0 saturated carbocycles. The van der Waals surface area contributed by atoms with E-state index in [1.807, 2.05) is 18.3 Å². The highest BCUT2D eigenvalue weighted by molar-refractivity contribution is 5.67. The van der Waals surface area contributed by atoms with Crippen molar-refractivity contribution in [2.75, 3.05) is 18.0 Å². The molecule has 1 aliphatic rings. The molecule has 0 atom stereocenters. The second-order valence-corrected chi connectivity index (χ2v) is 6.87. The molecule has 1 saturated heterocycles. The predicted molar refractivity (Wildman–Crippen MR) is 105 cm³/mol. The van der Waals surface area contributed by atoms with Gasteiger partial charge in [-0.15, -0.1) is 0 Å². The Hall–Kier alpha value is -2.79. The Morgan fingerprint density at radius 2 is 1.77 bits per heavy atom. The van der Waals surface area contributed by atoms with Crippen LogP contribution >= 0.6 is 0 Å². The normalized spacial score (nSPS) is 15.2. The molecule has 0 amide bonds. The van der Waals surface area contributed by atoms with Crippen molar-refractivity contribution < 1.29 is 0 Å². The van der Waals surface area contributed by atoms with Crippen molar-refractivity contribution in [1.29, 1.82) is 0 Å². The Labute approximate surface area is 153 Å². The number of aromatic nitrogens is 3. The number of rotatable bonds is 3. The Morgan fingerprint density at radius 1 is 1.00 bits per heavy atom. The molecule has 5 nitrogen and oxygen atoms in total. The van der Waals surface area contributed by atoms with Gasteiger partial charge in [0.05, 0.1) is 5.69 Å². The van der Waals surface area contributed by atoms with Gasteiger partial charge in [-0.2, -0.15) is 0 Å². The largest absolute Gasteiger partial charge is 0.356 e. The van der Waals surface area contributed by atoms with Crippen LogP contribution in [0.3, 0.4) is 0 Å². The summed E-state index contributed by atoms with van der Waals surface area (Å²) in [6.45, 7) is 3.94. The third-order valence-corrected chi connectivity index (χ3v) is 4.84. The molecule has 1 aliphatic heterocycles. The van der Waals surface area contributed by atoms with E-state index >= 15 is 0 Å². The van der Waals surface area contributed by atoms with Crippen LogP contribution in [0, 0.1) is 6.92 Å². The van der Waals surface area contributed by atoms with Crippen LogP contribution in [-0.2, 0) is 0 Å². The molecule has 0 bridgehead atoms. The number of piperidine rings is 1. The molecule has 26 heavy (non-hydrogen) atoms. The second-order valence-electron chi connectivity index (χ2n) is 6.87. The van der Waals surface area contributed by atoms with Crippen LogP contribution < -0.4 is 10.6 Å². The van der Waals surface area contributed by atoms with E-state index in [1.165, 1.54) is 5.56 Å². The average molecular weight is 345 g/mol. The minimum absolute atomic E-state index is 0.294. The molecule has 132 valence electrons. The Kier molecular flexibility index (Phi) is 4.63. The molecule has 0 radical (unpaired) electrons. The highest BCUT2D eigenvalue weighted by Crippen LogP contribution is 2.27. The first-order chi connectivity index (χ1) is 12.7. The molecule has 0 aliphatic carbocycles. The molecule has 3 aromatic rings. The molecule has 5 heteroatoms. The summed E-state index contributed by atoms with van der Waals surface area (Å²) in [7, 11) is 0. The summed E-state index contributed by atoms with van der Waals surface area (Å²) in [5.41, 5.74) is 10.2. The zero-order valence-corrected chi connectivity index (χ0v) is 15.0. The van der Waals surface area contributed by atoms with Gasteiger partial charge in [0.15, 0.2) is 5.82 Å². The summed E-state index contributed by atoms with van der Waals surface area (Å²) in [6, 6.07) is 14.7. The quantitative estimate of drug-likeness (QED) is 0.787. The number of nitrogens with zero attached hydrogens (tertiary/aromatic N) is 4. The first-order valence-electron chi connectivity index (χ1n) is 9.06. The van der Waals surface area contributed by atoms with Crippen LogP contribution in [0.15, 0.2) is 54.9 Å². The van der Waals surface area contributed by atoms with E-state index in [4.69, 9.17) is 15.7 Å². The summed E-state index contributed by atoms with van der Waals surface area (Å²) in [5.74, 6) is 1.71. The number of hydrogen-bond donors (Lipinski definition) is 1. The molecule has 2 N–H and O–H groups in total. The molecule has 0 unspecified atom stereocenters. The number of aryl methyl sites for hydroxylation is 1.